The summed E-state index contributed by atoms with van der Waals surface area (Å²) >= 11 is 0. The zero-order valence-corrected chi connectivity index (χ0v) is 18.5. The van der Waals surface area contributed by atoms with Crippen LogP contribution in [-0.4, -0.2) is 50.4 Å². The summed E-state index contributed by atoms with van der Waals surface area (Å²) in [6, 6.07) is 0. The van der Waals surface area contributed by atoms with E-state index in [1.165, 1.54) is 26.4 Å². The number of rotatable bonds is 6. The number of ether oxygens (including phenoxy) is 4. The first-order chi connectivity index (χ1) is 14.0. The van der Waals surface area contributed by atoms with Crippen LogP contribution in [0, 0.1) is 11.8 Å². The Morgan fingerprint density at radius 2 is 1.47 bits per heavy atom. The fourth-order valence-corrected chi connectivity index (χ4v) is 3.20. The average Bonchev–Trinajstić information content (AvgIpc) is 3.30. The van der Waals surface area contributed by atoms with Crippen LogP contribution >= 0.6 is 0 Å². The molecule has 1 heterocycles. The van der Waals surface area contributed by atoms with Crippen molar-refractivity contribution in [2.45, 2.75) is 58.7 Å². The van der Waals surface area contributed by atoms with Crippen molar-refractivity contribution in [3.05, 3.63) is 36.5 Å². The molecule has 0 aromatic carbocycles. The Balaban J connectivity index is 0.000000238. The molecule has 168 valence electrons. The minimum absolute atomic E-state index is 0.142. The third-order valence-electron chi connectivity index (χ3n) is 4.97. The average molecular weight is 423 g/mol. The highest BCUT2D eigenvalue weighted by atomic mass is 16.6. The van der Waals surface area contributed by atoms with E-state index >= 15 is 0 Å². The molecule has 2 aliphatic carbocycles. The maximum Gasteiger partial charge on any atom is 0.333 e. The fraction of sp³-hybridized carbons (Fsp3) is 0.609. The molecule has 2 bridgehead atoms. The first-order valence-electron chi connectivity index (χ1n) is 10.1. The lowest BCUT2D eigenvalue weighted by atomic mass is 9.98. The molecule has 3 rings (SSSR count). The number of epoxide rings is 1. The molecule has 1 aliphatic heterocycles. The lowest BCUT2D eigenvalue weighted by molar-refractivity contribution is -0.146. The summed E-state index contributed by atoms with van der Waals surface area (Å²) in [5, 5.41) is 0. The Morgan fingerprint density at radius 3 is 1.80 bits per heavy atom. The molecule has 0 amide bonds. The number of esters is 3. The molecule has 3 fully saturated rings. The molecule has 0 spiro atoms. The van der Waals surface area contributed by atoms with E-state index in [1.54, 1.807) is 20.8 Å². The van der Waals surface area contributed by atoms with Gasteiger partial charge in [0.1, 0.15) is 18.8 Å². The number of methoxy groups -OCH3 is 1. The van der Waals surface area contributed by atoms with Gasteiger partial charge in [0.25, 0.3) is 0 Å². The van der Waals surface area contributed by atoms with Crippen molar-refractivity contribution in [2.24, 2.45) is 11.8 Å². The lowest BCUT2D eigenvalue weighted by Crippen LogP contribution is -2.24. The number of fused-ring (bicyclic) bond motifs is 2. The van der Waals surface area contributed by atoms with Gasteiger partial charge in [0.05, 0.1) is 13.7 Å². The molecular weight excluding hydrogens is 388 g/mol. The molecule has 4 atom stereocenters. The van der Waals surface area contributed by atoms with Crippen LogP contribution in [0.3, 0.4) is 0 Å². The Morgan fingerprint density at radius 1 is 0.900 bits per heavy atom. The molecule has 7 heteroatoms. The van der Waals surface area contributed by atoms with E-state index in [4.69, 9.17) is 14.2 Å². The molecule has 0 aromatic rings. The Hall–Kier alpha value is -2.41. The lowest BCUT2D eigenvalue weighted by Gasteiger charge is -2.21. The first-order valence-corrected chi connectivity index (χ1v) is 10.1. The van der Waals surface area contributed by atoms with Gasteiger partial charge in [-0.1, -0.05) is 19.7 Å². The van der Waals surface area contributed by atoms with Crippen molar-refractivity contribution in [3.8, 4) is 0 Å². The van der Waals surface area contributed by atoms with Crippen LogP contribution in [0.1, 0.15) is 46.5 Å². The van der Waals surface area contributed by atoms with E-state index in [2.05, 4.69) is 24.5 Å². The van der Waals surface area contributed by atoms with E-state index in [0.29, 0.717) is 35.9 Å². The van der Waals surface area contributed by atoms with Crippen LogP contribution in [0.5, 0.6) is 0 Å². The van der Waals surface area contributed by atoms with Crippen LogP contribution in [0.15, 0.2) is 36.5 Å². The van der Waals surface area contributed by atoms with E-state index in [-0.39, 0.29) is 30.1 Å². The van der Waals surface area contributed by atoms with Gasteiger partial charge < -0.3 is 18.9 Å². The maximum atomic E-state index is 11.3. The summed E-state index contributed by atoms with van der Waals surface area (Å²) in [5.74, 6) is 0.578. The fourth-order valence-electron chi connectivity index (χ4n) is 3.20. The second-order valence-corrected chi connectivity index (χ2v) is 8.00. The van der Waals surface area contributed by atoms with Crippen molar-refractivity contribution in [3.63, 3.8) is 0 Å². The van der Waals surface area contributed by atoms with Gasteiger partial charge in [0.15, 0.2) is 0 Å². The summed E-state index contributed by atoms with van der Waals surface area (Å²) in [5.41, 5.74) is 1.38. The van der Waals surface area contributed by atoms with Crippen LogP contribution in [0.25, 0.3) is 0 Å². The topological polar surface area (TPSA) is 91.4 Å². The van der Waals surface area contributed by atoms with Gasteiger partial charge in [0.2, 0.25) is 0 Å². The molecule has 1 saturated heterocycles. The van der Waals surface area contributed by atoms with Gasteiger partial charge in [-0.2, -0.15) is 0 Å². The molecule has 0 N–H and O–H groups in total. The quantitative estimate of drug-likeness (QED) is 0.280. The van der Waals surface area contributed by atoms with Crippen molar-refractivity contribution < 1.29 is 33.3 Å². The van der Waals surface area contributed by atoms with E-state index in [9.17, 15) is 14.4 Å². The number of hydrogen-bond acceptors (Lipinski definition) is 7. The van der Waals surface area contributed by atoms with Crippen LogP contribution in [0.2, 0.25) is 0 Å². The molecule has 3 aliphatic rings. The van der Waals surface area contributed by atoms with Crippen LogP contribution in [0.4, 0.5) is 0 Å². The largest absolute Gasteiger partial charge is 0.466 e. The number of carbonyl (C=O) groups excluding carboxylic acids is 3. The molecule has 0 radical (unpaired) electrons. The highest BCUT2D eigenvalue weighted by Gasteiger charge is 2.41. The smallest absolute Gasteiger partial charge is 0.333 e. The van der Waals surface area contributed by atoms with Gasteiger partial charge in [-0.25, -0.2) is 14.4 Å². The van der Waals surface area contributed by atoms with Crippen molar-refractivity contribution in [2.75, 3.05) is 20.3 Å². The summed E-state index contributed by atoms with van der Waals surface area (Å²) in [6.45, 7) is 16.4. The maximum absolute atomic E-state index is 11.3. The molecule has 2 saturated carbocycles. The zero-order valence-electron chi connectivity index (χ0n) is 18.5. The Kier molecular flexibility index (Phi) is 10.5. The highest BCUT2D eigenvalue weighted by Crippen LogP contribution is 2.45. The van der Waals surface area contributed by atoms with E-state index < -0.39 is 0 Å². The first kappa shape index (κ1) is 25.6. The van der Waals surface area contributed by atoms with Gasteiger partial charge in [-0.3, -0.25) is 0 Å². The molecule has 4 unspecified atom stereocenters. The van der Waals surface area contributed by atoms with Crippen LogP contribution < -0.4 is 0 Å². The third-order valence-corrected chi connectivity index (χ3v) is 4.97. The molecule has 7 nitrogen and oxygen atoms in total. The van der Waals surface area contributed by atoms with E-state index in [0.717, 1.165) is 12.3 Å². The minimum atomic E-state index is -0.347. The summed E-state index contributed by atoms with van der Waals surface area (Å²) in [7, 11) is 1.33. The van der Waals surface area contributed by atoms with Crippen molar-refractivity contribution >= 4 is 17.9 Å². The van der Waals surface area contributed by atoms with Gasteiger partial charge in [0, 0.05) is 16.7 Å². The number of hydrogen-bond donors (Lipinski definition) is 0. The monoisotopic (exact) mass is 422 g/mol. The third kappa shape index (κ3) is 9.39. The molecule has 30 heavy (non-hydrogen) atoms. The molecular formula is C23H34O7. The SMILES string of the molecule is C=C(C)C(=O)OC.C=C(C)C(=O)OC1CC2CCC1C2.C=C(C)C(=O)OCC1CO1. The summed E-state index contributed by atoms with van der Waals surface area (Å²) in [4.78, 5) is 32.1. The highest BCUT2D eigenvalue weighted by molar-refractivity contribution is 5.87. The van der Waals surface area contributed by atoms with Crippen molar-refractivity contribution in [1.82, 2.24) is 0 Å². The normalized spacial score (nSPS) is 24.8. The Bertz CT molecular complexity index is 675. The van der Waals surface area contributed by atoms with Gasteiger partial charge in [-0.05, 0) is 58.3 Å². The summed E-state index contributed by atoms with van der Waals surface area (Å²) < 4.78 is 19.2. The number of carbonyl (C=O) groups is 3. The van der Waals surface area contributed by atoms with Gasteiger partial charge >= 0.3 is 17.9 Å². The predicted octanol–water partition coefficient (Wildman–Crippen LogP) is 3.53. The standard InChI is InChI=1S/C11H16O2.C7H10O3.C5H8O2/c1-7(2)11(12)13-10-6-8-3-4-9(10)5-8;1-5(2)7(8)10-4-6-3-9-6;1-4(2)5(6)7-3/h8-10H,1,3-6H2,2H3;6H,1,3-4H2,2H3;1H2,2-3H3. The van der Waals surface area contributed by atoms with Crippen molar-refractivity contribution in [1.29, 1.82) is 0 Å². The zero-order chi connectivity index (χ0) is 22.8. The second-order valence-electron chi connectivity index (χ2n) is 8.00. The predicted molar refractivity (Wildman–Crippen MR) is 112 cm³/mol. The Labute approximate surface area is 179 Å². The summed E-state index contributed by atoms with van der Waals surface area (Å²) in [6.07, 6.45) is 5.29. The van der Waals surface area contributed by atoms with Gasteiger partial charge in [-0.15, -0.1) is 0 Å². The van der Waals surface area contributed by atoms with Crippen LogP contribution in [-0.2, 0) is 33.3 Å². The second kappa shape index (κ2) is 12.3. The van der Waals surface area contributed by atoms with E-state index in [1.807, 2.05) is 0 Å². The molecule has 0 aromatic heterocycles. The minimum Gasteiger partial charge on any atom is -0.466 e.